The number of aromatic nitrogens is 4. The predicted octanol–water partition coefficient (Wildman–Crippen LogP) is 1.02. The average Bonchev–Trinajstić information content (AvgIpc) is 2.57. The molecule has 0 saturated heterocycles. The van der Waals surface area contributed by atoms with Crippen molar-refractivity contribution in [1.29, 1.82) is 0 Å². The topological polar surface area (TPSA) is 69.1 Å². The van der Waals surface area contributed by atoms with Gasteiger partial charge in [-0.15, -0.1) is 10.2 Å². The summed E-state index contributed by atoms with van der Waals surface area (Å²) in [6, 6.07) is 2.13. The van der Waals surface area contributed by atoms with Gasteiger partial charge >= 0.3 is 0 Å². The Hall–Kier alpha value is -1.49. The van der Waals surface area contributed by atoms with Crippen molar-refractivity contribution in [3.05, 3.63) is 23.4 Å². The molecule has 2 heterocycles. The average molecular weight is 219 g/mol. The van der Waals surface area contributed by atoms with Crippen LogP contribution in [-0.2, 0) is 6.42 Å². The molecule has 0 radical (unpaired) electrons. The Balaban J connectivity index is 2.40. The summed E-state index contributed by atoms with van der Waals surface area (Å²) in [7, 11) is 0. The summed E-state index contributed by atoms with van der Waals surface area (Å²) in [6.45, 7) is 5.93. The van der Waals surface area contributed by atoms with Crippen molar-refractivity contribution in [2.45, 2.75) is 39.7 Å². The fourth-order valence-electron chi connectivity index (χ4n) is 1.82. The summed E-state index contributed by atoms with van der Waals surface area (Å²) in [4.78, 5) is 4.41. The van der Waals surface area contributed by atoms with Crippen molar-refractivity contribution >= 4 is 5.65 Å². The molecule has 0 aliphatic rings. The van der Waals surface area contributed by atoms with Gasteiger partial charge in [-0.1, -0.05) is 0 Å². The quantitative estimate of drug-likeness (QED) is 0.836. The summed E-state index contributed by atoms with van der Waals surface area (Å²) < 4.78 is 2.00. The van der Waals surface area contributed by atoms with E-state index in [9.17, 15) is 0 Å². The van der Waals surface area contributed by atoms with Crippen molar-refractivity contribution in [3.8, 4) is 0 Å². The molecule has 0 aliphatic carbocycles. The van der Waals surface area contributed by atoms with Crippen molar-refractivity contribution in [2.24, 2.45) is 5.73 Å². The molecule has 5 heteroatoms. The van der Waals surface area contributed by atoms with E-state index < -0.39 is 0 Å². The molecular weight excluding hydrogens is 202 g/mol. The number of aryl methyl sites for hydroxylation is 3. The Kier molecular flexibility index (Phi) is 2.87. The second kappa shape index (κ2) is 4.17. The van der Waals surface area contributed by atoms with Gasteiger partial charge < -0.3 is 5.73 Å². The maximum atomic E-state index is 5.74. The van der Waals surface area contributed by atoms with Crippen LogP contribution >= 0.6 is 0 Å². The van der Waals surface area contributed by atoms with Gasteiger partial charge in [0.25, 0.3) is 0 Å². The van der Waals surface area contributed by atoms with Crippen LogP contribution in [0.3, 0.4) is 0 Å². The number of fused-ring (bicyclic) bond motifs is 1. The second-order valence-electron chi connectivity index (χ2n) is 4.27. The van der Waals surface area contributed by atoms with E-state index in [1.54, 1.807) is 0 Å². The van der Waals surface area contributed by atoms with Crippen LogP contribution < -0.4 is 5.73 Å². The molecule has 86 valence electrons. The predicted molar refractivity (Wildman–Crippen MR) is 62.2 cm³/mol. The fraction of sp³-hybridized carbons (Fsp3) is 0.545. The SMILES string of the molecule is Cc1cc2nnc(CCC(C)N)n2c(C)n1. The molecule has 0 bridgehead atoms. The molecule has 0 fully saturated rings. The maximum absolute atomic E-state index is 5.74. The lowest BCUT2D eigenvalue weighted by atomic mass is 10.2. The first-order valence-electron chi connectivity index (χ1n) is 5.52. The molecule has 0 aliphatic heterocycles. The van der Waals surface area contributed by atoms with Gasteiger partial charge in [-0.25, -0.2) is 4.98 Å². The van der Waals surface area contributed by atoms with Gasteiger partial charge in [0.05, 0.1) is 0 Å². The van der Waals surface area contributed by atoms with Gasteiger partial charge in [0.15, 0.2) is 5.65 Å². The van der Waals surface area contributed by atoms with Gasteiger partial charge in [0.1, 0.15) is 11.6 Å². The van der Waals surface area contributed by atoms with Crippen LogP contribution in [0.1, 0.15) is 30.7 Å². The van der Waals surface area contributed by atoms with Crippen LogP contribution in [0.2, 0.25) is 0 Å². The molecule has 0 amide bonds. The van der Waals surface area contributed by atoms with Crippen molar-refractivity contribution < 1.29 is 0 Å². The molecule has 2 rings (SSSR count). The molecule has 5 nitrogen and oxygen atoms in total. The van der Waals surface area contributed by atoms with E-state index in [0.717, 1.165) is 35.8 Å². The normalized spacial score (nSPS) is 13.2. The van der Waals surface area contributed by atoms with Crippen LogP contribution in [0.5, 0.6) is 0 Å². The Morgan fingerprint density at radius 3 is 2.81 bits per heavy atom. The zero-order valence-electron chi connectivity index (χ0n) is 9.94. The van der Waals surface area contributed by atoms with Gasteiger partial charge in [-0.05, 0) is 27.2 Å². The molecule has 2 aromatic rings. The van der Waals surface area contributed by atoms with E-state index in [1.165, 1.54) is 0 Å². The fourth-order valence-corrected chi connectivity index (χ4v) is 1.82. The lowest BCUT2D eigenvalue weighted by Crippen LogP contribution is -2.16. The number of rotatable bonds is 3. The van der Waals surface area contributed by atoms with Crippen LogP contribution in [0, 0.1) is 13.8 Å². The van der Waals surface area contributed by atoms with E-state index in [1.807, 2.05) is 31.2 Å². The highest BCUT2D eigenvalue weighted by molar-refractivity contribution is 5.39. The third-order valence-electron chi connectivity index (χ3n) is 2.58. The van der Waals surface area contributed by atoms with Gasteiger partial charge in [0.2, 0.25) is 0 Å². The summed E-state index contributed by atoms with van der Waals surface area (Å²) in [5.74, 6) is 1.87. The highest BCUT2D eigenvalue weighted by Gasteiger charge is 2.09. The van der Waals surface area contributed by atoms with Crippen LogP contribution in [0.15, 0.2) is 6.07 Å². The van der Waals surface area contributed by atoms with E-state index in [2.05, 4.69) is 15.2 Å². The molecule has 16 heavy (non-hydrogen) atoms. The van der Waals surface area contributed by atoms with Gasteiger partial charge in [-0.3, -0.25) is 4.40 Å². The number of hydrogen-bond donors (Lipinski definition) is 1. The van der Waals surface area contributed by atoms with E-state index in [4.69, 9.17) is 5.73 Å². The summed E-state index contributed by atoms with van der Waals surface area (Å²) in [5, 5.41) is 8.34. The van der Waals surface area contributed by atoms with Gasteiger partial charge in [-0.2, -0.15) is 0 Å². The minimum atomic E-state index is 0.186. The number of nitrogens with zero attached hydrogens (tertiary/aromatic N) is 4. The lowest BCUT2D eigenvalue weighted by molar-refractivity contribution is 0.641. The number of hydrogen-bond acceptors (Lipinski definition) is 4. The summed E-state index contributed by atoms with van der Waals surface area (Å²) in [6.07, 6.45) is 1.75. The van der Waals surface area contributed by atoms with Crippen molar-refractivity contribution in [2.75, 3.05) is 0 Å². The zero-order valence-corrected chi connectivity index (χ0v) is 9.94. The first kappa shape index (κ1) is 11.0. The maximum Gasteiger partial charge on any atom is 0.164 e. The summed E-state index contributed by atoms with van der Waals surface area (Å²) in [5.41, 5.74) is 7.58. The Labute approximate surface area is 94.7 Å². The molecule has 0 saturated carbocycles. The van der Waals surface area contributed by atoms with E-state index >= 15 is 0 Å². The first-order chi connectivity index (χ1) is 7.58. The second-order valence-corrected chi connectivity index (χ2v) is 4.27. The smallest absolute Gasteiger partial charge is 0.164 e. The van der Waals surface area contributed by atoms with Crippen LogP contribution in [-0.4, -0.2) is 25.6 Å². The van der Waals surface area contributed by atoms with Gasteiger partial charge in [0, 0.05) is 24.2 Å². The third-order valence-corrected chi connectivity index (χ3v) is 2.58. The standard InChI is InChI=1S/C11H17N5/c1-7(12)4-5-10-14-15-11-6-8(2)13-9(3)16(10)11/h6-7H,4-5,12H2,1-3H3. The Morgan fingerprint density at radius 1 is 1.38 bits per heavy atom. The van der Waals surface area contributed by atoms with Crippen molar-refractivity contribution in [3.63, 3.8) is 0 Å². The highest BCUT2D eigenvalue weighted by Crippen LogP contribution is 2.10. The first-order valence-corrected chi connectivity index (χ1v) is 5.52. The molecule has 1 unspecified atom stereocenters. The largest absolute Gasteiger partial charge is 0.328 e. The molecular formula is C11H17N5. The number of nitrogens with two attached hydrogens (primary N) is 1. The summed E-state index contributed by atoms with van der Waals surface area (Å²) >= 11 is 0. The molecule has 1 atom stereocenters. The Morgan fingerprint density at radius 2 is 2.12 bits per heavy atom. The third kappa shape index (κ3) is 2.04. The molecule has 2 N–H and O–H groups in total. The minimum absolute atomic E-state index is 0.186. The van der Waals surface area contributed by atoms with E-state index in [0.29, 0.717) is 0 Å². The lowest BCUT2D eigenvalue weighted by Gasteiger charge is -2.05. The zero-order chi connectivity index (χ0) is 11.7. The minimum Gasteiger partial charge on any atom is -0.328 e. The molecule has 0 spiro atoms. The Bertz CT molecular complexity index is 500. The molecule has 2 aromatic heterocycles. The highest BCUT2D eigenvalue weighted by atomic mass is 15.3. The van der Waals surface area contributed by atoms with E-state index in [-0.39, 0.29) is 6.04 Å². The van der Waals surface area contributed by atoms with Crippen molar-refractivity contribution in [1.82, 2.24) is 19.6 Å². The van der Waals surface area contributed by atoms with Crippen LogP contribution in [0.25, 0.3) is 5.65 Å². The monoisotopic (exact) mass is 219 g/mol. The van der Waals surface area contributed by atoms with Crippen LogP contribution in [0.4, 0.5) is 0 Å². The molecule has 0 aromatic carbocycles.